The summed E-state index contributed by atoms with van der Waals surface area (Å²) >= 11 is 1.56. The van der Waals surface area contributed by atoms with Crippen LogP contribution < -0.4 is 10.6 Å². The van der Waals surface area contributed by atoms with E-state index in [-0.39, 0.29) is 18.3 Å². The van der Waals surface area contributed by atoms with Crippen molar-refractivity contribution in [3.05, 3.63) is 10.0 Å². The van der Waals surface area contributed by atoms with Crippen LogP contribution in [0.1, 0.15) is 42.6 Å². The lowest BCUT2D eigenvalue weighted by atomic mass is 10.2. The number of hydrogen-bond donors (Lipinski definition) is 2. The minimum atomic E-state index is 0. The summed E-state index contributed by atoms with van der Waals surface area (Å²) in [6.07, 6.45) is 1.41. The van der Waals surface area contributed by atoms with Gasteiger partial charge < -0.3 is 10.6 Å². The van der Waals surface area contributed by atoms with E-state index in [1.807, 2.05) is 7.05 Å². The number of hydrogen-bond acceptors (Lipinski definition) is 5. The quantitative estimate of drug-likeness (QED) is 0.751. The molecule has 1 heterocycles. The summed E-state index contributed by atoms with van der Waals surface area (Å²) in [4.78, 5) is 11.4. The van der Waals surface area contributed by atoms with Crippen molar-refractivity contribution >= 4 is 29.7 Å². The fraction of sp³-hybridized carbons (Fsp3) is 0.727. The Hall–Kier alpha value is -0.720. The molecule has 0 saturated carbocycles. The van der Waals surface area contributed by atoms with E-state index in [1.54, 1.807) is 11.3 Å². The molecule has 0 radical (unpaired) electrons. The van der Waals surface area contributed by atoms with E-state index in [0.717, 1.165) is 23.0 Å². The average molecular weight is 293 g/mol. The third-order valence-electron chi connectivity index (χ3n) is 2.24. The highest BCUT2D eigenvalue weighted by atomic mass is 35.5. The van der Waals surface area contributed by atoms with Crippen LogP contribution in [0.15, 0.2) is 0 Å². The molecule has 0 aromatic carbocycles. The van der Waals surface area contributed by atoms with Crippen molar-refractivity contribution < 1.29 is 4.79 Å². The summed E-state index contributed by atoms with van der Waals surface area (Å²) in [6, 6.07) is 0. The molecule has 18 heavy (non-hydrogen) atoms. The van der Waals surface area contributed by atoms with Gasteiger partial charge in [-0.15, -0.1) is 22.6 Å². The van der Waals surface area contributed by atoms with Crippen molar-refractivity contribution in [3.63, 3.8) is 0 Å². The van der Waals surface area contributed by atoms with E-state index < -0.39 is 0 Å². The molecule has 1 aromatic heterocycles. The molecule has 0 aliphatic carbocycles. The zero-order valence-corrected chi connectivity index (χ0v) is 12.7. The third kappa shape index (κ3) is 6.28. The molecule has 0 saturated heterocycles. The Morgan fingerprint density at radius 3 is 2.67 bits per heavy atom. The second-order valence-electron chi connectivity index (χ2n) is 4.17. The minimum Gasteiger partial charge on any atom is -0.350 e. The molecule has 1 aromatic rings. The Morgan fingerprint density at radius 2 is 2.11 bits per heavy atom. The number of aromatic nitrogens is 2. The highest BCUT2D eigenvalue weighted by Crippen LogP contribution is 2.18. The van der Waals surface area contributed by atoms with Crippen molar-refractivity contribution in [1.82, 2.24) is 20.8 Å². The molecule has 0 aliphatic rings. The monoisotopic (exact) mass is 292 g/mol. The van der Waals surface area contributed by atoms with Gasteiger partial charge in [0.1, 0.15) is 10.0 Å². The Bertz CT molecular complexity index is 357. The Labute approximate surface area is 118 Å². The molecule has 1 amide bonds. The van der Waals surface area contributed by atoms with Crippen LogP contribution in [0.3, 0.4) is 0 Å². The molecule has 7 heteroatoms. The Morgan fingerprint density at radius 1 is 1.39 bits per heavy atom. The summed E-state index contributed by atoms with van der Waals surface area (Å²) in [5, 5.41) is 15.9. The molecule has 0 aliphatic heterocycles. The molecular formula is C11H21ClN4OS. The summed E-state index contributed by atoms with van der Waals surface area (Å²) < 4.78 is 0. The van der Waals surface area contributed by atoms with Crippen LogP contribution in [0, 0.1) is 0 Å². The number of nitrogens with zero attached hydrogens (tertiary/aromatic N) is 2. The van der Waals surface area contributed by atoms with Crippen LogP contribution in [0.5, 0.6) is 0 Å². The first-order valence-electron chi connectivity index (χ1n) is 5.87. The third-order valence-corrected chi connectivity index (χ3v) is 3.47. The van der Waals surface area contributed by atoms with Gasteiger partial charge in [0.2, 0.25) is 5.91 Å². The summed E-state index contributed by atoms with van der Waals surface area (Å²) in [7, 11) is 1.88. The van der Waals surface area contributed by atoms with Crippen molar-refractivity contribution in [3.8, 4) is 0 Å². The zero-order chi connectivity index (χ0) is 12.7. The van der Waals surface area contributed by atoms with E-state index in [1.165, 1.54) is 0 Å². The van der Waals surface area contributed by atoms with Gasteiger partial charge in [-0.05, 0) is 20.0 Å². The van der Waals surface area contributed by atoms with E-state index in [4.69, 9.17) is 0 Å². The summed E-state index contributed by atoms with van der Waals surface area (Å²) in [5.74, 6) is 0.467. The minimum absolute atomic E-state index is 0. The van der Waals surface area contributed by atoms with Gasteiger partial charge in [0.15, 0.2) is 0 Å². The van der Waals surface area contributed by atoms with Gasteiger partial charge in [0.25, 0.3) is 0 Å². The van der Waals surface area contributed by atoms with Crippen LogP contribution in [-0.4, -0.2) is 29.7 Å². The molecule has 104 valence electrons. The lowest BCUT2D eigenvalue weighted by Crippen LogP contribution is -2.23. The van der Waals surface area contributed by atoms with Crippen molar-refractivity contribution in [2.45, 2.75) is 39.2 Å². The van der Waals surface area contributed by atoms with Crippen LogP contribution >= 0.6 is 23.7 Å². The van der Waals surface area contributed by atoms with Gasteiger partial charge in [-0.3, -0.25) is 4.79 Å². The van der Waals surface area contributed by atoms with E-state index in [0.29, 0.717) is 18.9 Å². The number of nitrogens with one attached hydrogen (secondary N) is 2. The smallest absolute Gasteiger partial charge is 0.220 e. The average Bonchev–Trinajstić information content (AvgIpc) is 2.75. The normalized spacial score (nSPS) is 10.2. The second-order valence-corrected chi connectivity index (χ2v) is 5.27. The zero-order valence-electron chi connectivity index (χ0n) is 11.0. The topological polar surface area (TPSA) is 66.9 Å². The summed E-state index contributed by atoms with van der Waals surface area (Å²) in [6.45, 7) is 5.52. The first-order chi connectivity index (χ1) is 8.13. The summed E-state index contributed by atoms with van der Waals surface area (Å²) in [5.41, 5.74) is 0. The fourth-order valence-electron chi connectivity index (χ4n) is 1.26. The molecule has 2 N–H and O–H groups in total. The van der Waals surface area contributed by atoms with Crippen molar-refractivity contribution in [2.24, 2.45) is 0 Å². The molecule has 1 rings (SSSR count). The highest BCUT2D eigenvalue weighted by Gasteiger charge is 2.08. The standard InChI is InChI=1S/C11H20N4OS.ClH/c1-8(2)11-15-14-10(17-11)7-13-9(16)5-4-6-12-3;/h8,12H,4-7H2,1-3H3,(H,13,16);1H. The van der Waals surface area contributed by atoms with Gasteiger partial charge in [0.05, 0.1) is 6.54 Å². The van der Waals surface area contributed by atoms with Gasteiger partial charge >= 0.3 is 0 Å². The van der Waals surface area contributed by atoms with E-state index in [2.05, 4.69) is 34.7 Å². The first-order valence-corrected chi connectivity index (χ1v) is 6.68. The predicted octanol–water partition coefficient (Wildman–Crippen LogP) is 1.70. The lowest BCUT2D eigenvalue weighted by Gasteiger charge is -2.02. The molecule has 0 unspecified atom stereocenters. The number of amides is 1. The SMILES string of the molecule is CNCCCC(=O)NCc1nnc(C(C)C)s1.Cl. The van der Waals surface area contributed by atoms with Crippen molar-refractivity contribution in [2.75, 3.05) is 13.6 Å². The molecule has 0 fully saturated rings. The Balaban J connectivity index is 0.00000289. The van der Waals surface area contributed by atoms with Crippen LogP contribution in [0.2, 0.25) is 0 Å². The van der Waals surface area contributed by atoms with Crippen LogP contribution in [0.4, 0.5) is 0 Å². The molecule has 0 atom stereocenters. The van der Waals surface area contributed by atoms with Gasteiger partial charge in [-0.25, -0.2) is 0 Å². The van der Waals surface area contributed by atoms with E-state index >= 15 is 0 Å². The highest BCUT2D eigenvalue weighted by molar-refractivity contribution is 7.11. The largest absolute Gasteiger partial charge is 0.350 e. The lowest BCUT2D eigenvalue weighted by molar-refractivity contribution is -0.121. The molecule has 0 bridgehead atoms. The van der Waals surface area contributed by atoms with Gasteiger partial charge in [-0.1, -0.05) is 25.2 Å². The number of carbonyl (C=O) groups is 1. The maximum absolute atomic E-state index is 11.4. The maximum Gasteiger partial charge on any atom is 0.220 e. The second kappa shape index (κ2) is 9.24. The number of carbonyl (C=O) groups excluding carboxylic acids is 1. The Kier molecular flexibility index (Phi) is 8.87. The molecule has 0 spiro atoms. The number of halogens is 1. The number of rotatable bonds is 7. The predicted molar refractivity (Wildman–Crippen MR) is 76.3 cm³/mol. The van der Waals surface area contributed by atoms with Crippen LogP contribution in [0.25, 0.3) is 0 Å². The maximum atomic E-state index is 11.4. The van der Waals surface area contributed by atoms with Crippen molar-refractivity contribution in [1.29, 1.82) is 0 Å². The van der Waals surface area contributed by atoms with Crippen LogP contribution in [-0.2, 0) is 11.3 Å². The van der Waals surface area contributed by atoms with E-state index in [9.17, 15) is 4.79 Å². The molecular weight excluding hydrogens is 272 g/mol. The molecule has 5 nitrogen and oxygen atoms in total. The van der Waals surface area contributed by atoms with Gasteiger partial charge in [0, 0.05) is 12.3 Å². The first kappa shape index (κ1) is 17.3. The fourth-order valence-corrected chi connectivity index (χ4v) is 2.04. The van der Waals surface area contributed by atoms with Gasteiger partial charge in [-0.2, -0.15) is 0 Å².